The third-order valence-electron chi connectivity index (χ3n) is 14.5. The van der Waals surface area contributed by atoms with E-state index in [2.05, 4.69) is 40.7 Å². The highest BCUT2D eigenvalue weighted by Crippen LogP contribution is 2.42. The molecule has 2 unspecified atom stereocenters. The monoisotopic (exact) mass is 1170 g/mol. The van der Waals surface area contributed by atoms with E-state index in [1.807, 2.05) is 54.7 Å². The maximum atomic E-state index is 14.2. The lowest BCUT2D eigenvalue weighted by Crippen LogP contribution is -2.38. The number of nitrogens with zero attached hydrogens (tertiary/aromatic N) is 5. The molecule has 0 saturated carbocycles. The van der Waals surface area contributed by atoms with Crippen LogP contribution >= 0.6 is 21.6 Å². The highest BCUT2D eigenvalue weighted by Gasteiger charge is 2.37. The number of nitrogens with one attached hydrogen (secondary N) is 2. The molecule has 438 valence electrons. The van der Waals surface area contributed by atoms with Crippen molar-refractivity contribution in [1.29, 1.82) is 0 Å². The maximum absolute atomic E-state index is 14.2. The Hall–Kier alpha value is -7.56. The third kappa shape index (κ3) is 15.0. The zero-order valence-corrected chi connectivity index (χ0v) is 49.2. The molecule has 0 bridgehead atoms. The highest BCUT2D eigenvalue weighted by atomic mass is 33.1. The second-order valence-electron chi connectivity index (χ2n) is 20.1. The van der Waals surface area contributed by atoms with Crippen molar-refractivity contribution in [2.24, 2.45) is 4.99 Å². The fourth-order valence-corrected chi connectivity index (χ4v) is 12.7. The summed E-state index contributed by atoms with van der Waals surface area (Å²) in [7, 11) is 9.95. The van der Waals surface area contributed by atoms with Crippen molar-refractivity contribution < 1.29 is 57.1 Å². The van der Waals surface area contributed by atoms with Gasteiger partial charge in [0.1, 0.15) is 13.2 Å². The number of para-hydroxylation sites is 2. The van der Waals surface area contributed by atoms with Crippen molar-refractivity contribution in [3.8, 4) is 23.0 Å². The molecule has 0 aliphatic carbocycles. The van der Waals surface area contributed by atoms with Crippen LogP contribution in [0.1, 0.15) is 62.7 Å². The molecule has 0 aromatic heterocycles. The third-order valence-corrected chi connectivity index (χ3v) is 17.4. The van der Waals surface area contributed by atoms with Crippen LogP contribution in [-0.2, 0) is 54.6 Å². The molecule has 2 atom stereocenters. The minimum absolute atomic E-state index is 0.113. The molecular formula is C62H71N7O12S2. The first-order valence-corrected chi connectivity index (χ1v) is 30.2. The van der Waals surface area contributed by atoms with Crippen LogP contribution in [0.25, 0.3) is 0 Å². The number of imide groups is 1. The van der Waals surface area contributed by atoms with Crippen LogP contribution in [0, 0.1) is 0 Å². The maximum Gasteiger partial charge on any atom is 0.261 e. The molecule has 0 saturated heterocycles. The highest BCUT2D eigenvalue weighted by molar-refractivity contribution is 8.76. The lowest BCUT2D eigenvalue weighted by molar-refractivity contribution is -0.137. The molecule has 83 heavy (non-hydrogen) atoms. The number of hydrogen-bond acceptors (Lipinski definition) is 17. The van der Waals surface area contributed by atoms with E-state index in [-0.39, 0.29) is 67.1 Å². The number of amides is 5. The molecule has 0 radical (unpaired) electrons. The fraction of sp³-hybridized carbons (Fsp3) is 0.387. The quantitative estimate of drug-likeness (QED) is 0.0243. The van der Waals surface area contributed by atoms with Gasteiger partial charge in [0, 0.05) is 118 Å². The number of fused-ring (bicyclic) bond motifs is 5. The summed E-state index contributed by atoms with van der Waals surface area (Å²) in [5, 5.41) is 6.15. The van der Waals surface area contributed by atoms with Gasteiger partial charge in [-0.15, -0.1) is 0 Å². The first-order chi connectivity index (χ1) is 40.5. The van der Waals surface area contributed by atoms with E-state index < -0.39 is 0 Å². The summed E-state index contributed by atoms with van der Waals surface area (Å²) >= 11 is 0. The molecule has 0 fully saturated rings. The molecule has 5 aromatic carbocycles. The number of rotatable bonds is 31. The largest absolute Gasteiger partial charge is 0.493 e. The Kier molecular flexibility index (Phi) is 21.1. The van der Waals surface area contributed by atoms with Gasteiger partial charge in [-0.05, 0) is 77.6 Å². The van der Waals surface area contributed by atoms with Crippen LogP contribution in [0.4, 0.5) is 28.4 Å². The Balaban J connectivity index is 0.942. The SMILES string of the molecule is CNc1cc(OCc2cc(COc3cc4c(cc3OC)C(=O)N3c5ccccc5CC3C=N4)cc(N(CCOCCOCCOC)CC(C)SSCCCC(=O)NCCN3C(=O)C=CC3=O)c2)c(OC)cc1C(=O)N1CCc2ccccc21. The smallest absolute Gasteiger partial charge is 0.261 e. The van der Waals surface area contributed by atoms with Gasteiger partial charge >= 0.3 is 0 Å². The topological polar surface area (TPSA) is 199 Å². The van der Waals surface area contributed by atoms with E-state index in [4.69, 9.17) is 38.2 Å². The van der Waals surface area contributed by atoms with Crippen molar-refractivity contribution in [2.75, 3.05) is 120 Å². The van der Waals surface area contributed by atoms with Crippen LogP contribution in [0.3, 0.4) is 0 Å². The molecule has 5 aromatic rings. The number of methoxy groups -OCH3 is 3. The van der Waals surface area contributed by atoms with Crippen LogP contribution in [-0.4, -0.2) is 152 Å². The summed E-state index contributed by atoms with van der Waals surface area (Å²) in [4.78, 5) is 76.7. The molecule has 4 aliphatic rings. The van der Waals surface area contributed by atoms with E-state index in [0.29, 0.717) is 117 Å². The average Bonchev–Trinajstić information content (AvgIpc) is 3.51. The van der Waals surface area contributed by atoms with E-state index >= 15 is 0 Å². The Morgan fingerprint density at radius 3 is 2.18 bits per heavy atom. The molecule has 0 spiro atoms. The van der Waals surface area contributed by atoms with E-state index in [0.717, 1.165) is 56.4 Å². The number of ether oxygens (including phenoxy) is 7. The average molecular weight is 1170 g/mol. The van der Waals surface area contributed by atoms with Gasteiger partial charge in [-0.2, -0.15) is 0 Å². The fourth-order valence-electron chi connectivity index (χ4n) is 10.3. The first kappa shape index (κ1) is 60.0. The van der Waals surface area contributed by atoms with Crippen molar-refractivity contribution in [3.05, 3.63) is 137 Å². The predicted molar refractivity (Wildman–Crippen MR) is 325 cm³/mol. The molecular weight excluding hydrogens is 1100 g/mol. The Morgan fingerprint density at radius 1 is 0.783 bits per heavy atom. The van der Waals surface area contributed by atoms with E-state index in [1.54, 1.807) is 84.0 Å². The standard InChI is InChI=1S/C62H71N7O12S2/c1-41(83-82-28-10-15-58(70)64-19-21-68-59(71)16-17-60(68)72)38-66(22-23-78-26-27-79-25-24-75-3)46-30-42(39-80-56-35-50(63-2)48(33-54(56)76-4)61(73)67-20-18-44-11-6-8-13-52(44)67)29-43(31-46)40-81-57-36-51-49(34-55(57)77-5)62(74)69-47(37-65-51)32-45-12-7-9-14-53(45)69/h6-9,11-14,16-17,29-31,33-37,41,47,63H,10,15,18-28,32,38-40H2,1-5H3,(H,64,70). The second kappa shape index (κ2) is 29.1. The number of anilines is 4. The first-order valence-electron chi connectivity index (χ1n) is 27.8. The summed E-state index contributed by atoms with van der Waals surface area (Å²) in [6.45, 7) is 6.66. The lowest BCUT2D eigenvalue weighted by Gasteiger charge is -2.29. The van der Waals surface area contributed by atoms with Gasteiger partial charge in [0.25, 0.3) is 23.6 Å². The Bertz CT molecular complexity index is 3200. The van der Waals surface area contributed by atoms with Gasteiger partial charge < -0.3 is 53.6 Å². The van der Waals surface area contributed by atoms with Gasteiger partial charge in [0.05, 0.1) is 75.8 Å². The summed E-state index contributed by atoms with van der Waals surface area (Å²) in [6.07, 6.45) is 6.70. The van der Waals surface area contributed by atoms with Gasteiger partial charge in [0.2, 0.25) is 5.91 Å². The van der Waals surface area contributed by atoms with Crippen LogP contribution in [0.15, 0.2) is 108 Å². The van der Waals surface area contributed by atoms with Gasteiger partial charge in [-0.3, -0.25) is 38.8 Å². The van der Waals surface area contributed by atoms with Crippen molar-refractivity contribution >= 4 is 85.8 Å². The summed E-state index contributed by atoms with van der Waals surface area (Å²) in [5.74, 6) is 1.20. The lowest BCUT2D eigenvalue weighted by atomic mass is 10.1. The minimum Gasteiger partial charge on any atom is -0.493 e. The van der Waals surface area contributed by atoms with Gasteiger partial charge in [0.15, 0.2) is 23.0 Å². The second-order valence-corrected chi connectivity index (χ2v) is 23.0. The number of carbonyl (C=O) groups excluding carboxylic acids is 5. The number of benzene rings is 5. The zero-order chi connectivity index (χ0) is 58.2. The Labute approximate surface area is 492 Å². The predicted octanol–water partition coefficient (Wildman–Crippen LogP) is 8.47. The summed E-state index contributed by atoms with van der Waals surface area (Å²) in [6, 6.07) is 28.9. The number of hydrogen-bond donors (Lipinski definition) is 2. The van der Waals surface area contributed by atoms with Crippen LogP contribution in [0.2, 0.25) is 0 Å². The molecule has 19 nitrogen and oxygen atoms in total. The molecule has 2 N–H and O–H groups in total. The molecule has 21 heteroatoms. The van der Waals surface area contributed by atoms with Gasteiger partial charge in [-0.1, -0.05) is 64.9 Å². The summed E-state index contributed by atoms with van der Waals surface area (Å²) in [5.41, 5.74) is 8.49. The molecule has 4 aliphatic heterocycles. The minimum atomic E-state index is -0.374. The van der Waals surface area contributed by atoms with E-state index in [1.165, 1.54) is 12.2 Å². The zero-order valence-electron chi connectivity index (χ0n) is 47.5. The molecule has 5 amide bonds. The molecule has 4 heterocycles. The van der Waals surface area contributed by atoms with Crippen molar-refractivity contribution in [1.82, 2.24) is 10.2 Å². The summed E-state index contributed by atoms with van der Waals surface area (Å²) < 4.78 is 42.0. The molecule has 9 rings (SSSR count). The van der Waals surface area contributed by atoms with Crippen molar-refractivity contribution in [3.63, 3.8) is 0 Å². The normalized spacial score (nSPS) is 15.2. The van der Waals surface area contributed by atoms with Crippen molar-refractivity contribution in [2.45, 2.75) is 57.1 Å². The number of carbonyl (C=O) groups is 5. The Morgan fingerprint density at radius 2 is 1.46 bits per heavy atom. The van der Waals surface area contributed by atoms with Crippen LogP contribution < -0.4 is 44.3 Å². The van der Waals surface area contributed by atoms with Crippen LogP contribution in [0.5, 0.6) is 23.0 Å². The van der Waals surface area contributed by atoms with E-state index in [9.17, 15) is 24.0 Å². The number of aliphatic imine (C=N–C) groups is 1. The van der Waals surface area contributed by atoms with Gasteiger partial charge in [-0.25, -0.2) is 0 Å².